The molecular formula is C77H77B3F4O9S. The summed E-state index contributed by atoms with van der Waals surface area (Å²) in [6.45, 7) is 24.7. The zero-order valence-corrected chi connectivity index (χ0v) is 55.6. The fraction of sp³-hybridized carbons (Fsp3) is 0.273. The highest BCUT2D eigenvalue weighted by Gasteiger charge is 2.64. The standard InChI is InChI=1S/C35H31BO2.C30H19F3O3S.C12H24B2O4.FH.H2/c1-33(2)34(3,4)38-36(37-33)30-23-24-15-11-12-20-27(24)32-31(30)28-21-13-14-22-29(28)35(32,25-16-7-5-8-17-25)26-18-9-6-10-19-26;31-30(32,33)37(34,35)36-26-19-20-11-7-8-16-23(20)28-27(26)24-17-9-10-18-25(24)29(28,21-12-3-1-4-13-21)22-14-5-2-6-15-22;1-9(2)10(3,4)16-13(15-9)14-17-11(5,6)12(7,8)18-14;;/h5-23H,1-4H3;1-19H;1-8H3;2*1H. The number of hydrogen-bond acceptors (Lipinski definition) is 9. The van der Waals surface area contributed by atoms with Gasteiger partial charge >= 0.3 is 36.8 Å². The summed E-state index contributed by atoms with van der Waals surface area (Å²) >= 11 is 0. The van der Waals surface area contributed by atoms with Gasteiger partial charge in [0.25, 0.3) is 0 Å². The van der Waals surface area contributed by atoms with Crippen molar-refractivity contribution in [2.75, 3.05) is 0 Å². The van der Waals surface area contributed by atoms with Gasteiger partial charge in [-0.15, -0.1) is 0 Å². The molecule has 15 rings (SSSR count). The molecule has 5 aliphatic rings. The fourth-order valence-corrected chi connectivity index (χ4v) is 14.5. The lowest BCUT2D eigenvalue weighted by atomic mass is 9.49. The molecule has 0 atom stereocenters. The molecule has 3 saturated heterocycles. The lowest BCUT2D eigenvalue weighted by Crippen LogP contribution is -2.41. The van der Waals surface area contributed by atoms with E-state index in [0.717, 1.165) is 27.5 Å². The van der Waals surface area contributed by atoms with Crippen LogP contribution in [-0.4, -0.2) is 68.7 Å². The third-order valence-corrected chi connectivity index (χ3v) is 21.6. The number of hydrogen-bond donors (Lipinski definition) is 0. The summed E-state index contributed by atoms with van der Waals surface area (Å²) in [5, 5.41) is 3.81. The summed E-state index contributed by atoms with van der Waals surface area (Å²) in [7, 11) is -7.33. The average molecular weight is 1290 g/mol. The fourth-order valence-electron chi connectivity index (χ4n) is 14.0. The van der Waals surface area contributed by atoms with Crippen molar-refractivity contribution in [3.8, 4) is 28.0 Å². The van der Waals surface area contributed by atoms with Crippen molar-refractivity contribution in [1.29, 1.82) is 0 Å². The van der Waals surface area contributed by atoms with E-state index in [1.807, 2.05) is 140 Å². The van der Waals surface area contributed by atoms with Crippen LogP contribution in [0, 0.1) is 0 Å². The Morgan fingerprint density at radius 3 is 1.05 bits per heavy atom. The van der Waals surface area contributed by atoms with Crippen molar-refractivity contribution in [3.05, 3.63) is 275 Å². The van der Waals surface area contributed by atoms with E-state index >= 15 is 0 Å². The maximum absolute atomic E-state index is 13.4. The predicted octanol–water partition coefficient (Wildman–Crippen LogP) is 17.6. The Morgan fingerprint density at radius 2 is 0.681 bits per heavy atom. The molecule has 94 heavy (non-hydrogen) atoms. The van der Waals surface area contributed by atoms with E-state index < -0.39 is 58.8 Å². The van der Waals surface area contributed by atoms with Crippen LogP contribution in [0.2, 0.25) is 0 Å². The lowest BCUT2D eigenvalue weighted by molar-refractivity contribution is -0.0499. The molecular weight excluding hydrogens is 1210 g/mol. The van der Waals surface area contributed by atoms with Crippen LogP contribution in [0.3, 0.4) is 0 Å². The first-order valence-electron chi connectivity index (χ1n) is 31.6. The van der Waals surface area contributed by atoms with Crippen molar-refractivity contribution in [2.24, 2.45) is 0 Å². The molecule has 0 N–H and O–H groups in total. The average Bonchev–Trinajstić information content (AvgIpc) is 1.54. The zero-order valence-electron chi connectivity index (χ0n) is 54.8. The highest BCUT2D eigenvalue weighted by atomic mass is 32.2. The number of rotatable bonds is 8. The van der Waals surface area contributed by atoms with E-state index in [2.05, 4.69) is 143 Å². The third-order valence-electron chi connectivity index (χ3n) is 20.6. The molecule has 2 aliphatic carbocycles. The SMILES string of the molecule is CC1(C)OB(B2OC(C)(C)C(C)(C)O2)OC1(C)C.CC1(C)OB(c2cc3ccccc3c3c2-c2ccccc2C3(c2ccccc2)c2ccccc2)OC1(C)C.F.O=S(=O)(Oc1cc2ccccc2c2c1-c1ccccc1C2(c1ccccc1)c1ccccc1)C(F)(F)F.[HH]. The molecule has 0 saturated carbocycles. The van der Waals surface area contributed by atoms with Gasteiger partial charge < -0.3 is 32.1 Å². The van der Waals surface area contributed by atoms with E-state index in [-0.39, 0.29) is 34.3 Å². The van der Waals surface area contributed by atoms with Crippen LogP contribution in [0.1, 0.15) is 129 Å². The van der Waals surface area contributed by atoms with Crippen LogP contribution in [-0.2, 0) is 48.9 Å². The smallest absolute Gasteiger partial charge is 0.405 e. The Bertz CT molecular complexity index is 4450. The van der Waals surface area contributed by atoms with Gasteiger partial charge in [-0.2, -0.15) is 21.6 Å². The molecule has 10 aromatic carbocycles. The van der Waals surface area contributed by atoms with Crippen molar-refractivity contribution in [1.82, 2.24) is 0 Å². The van der Waals surface area contributed by atoms with Crippen molar-refractivity contribution in [3.63, 3.8) is 0 Å². The van der Waals surface area contributed by atoms with E-state index in [4.69, 9.17) is 32.1 Å². The molecule has 482 valence electrons. The Hall–Kier alpha value is -7.86. The molecule has 0 radical (unpaired) electrons. The first-order chi connectivity index (χ1) is 44.0. The molecule has 3 heterocycles. The monoisotopic (exact) mass is 1290 g/mol. The largest absolute Gasteiger partial charge is 0.534 e. The van der Waals surface area contributed by atoms with Crippen LogP contribution in [0.4, 0.5) is 17.9 Å². The number of halogens is 4. The minimum Gasteiger partial charge on any atom is -0.405 e. The minimum atomic E-state index is -5.91. The molecule has 0 amide bonds. The Labute approximate surface area is 551 Å². The van der Waals surface area contributed by atoms with E-state index in [1.54, 1.807) is 24.3 Å². The first kappa shape index (κ1) is 66.2. The van der Waals surface area contributed by atoms with Gasteiger partial charge in [-0.25, -0.2) is 0 Å². The number of fused-ring (bicyclic) bond motifs is 10. The number of alkyl halides is 3. The van der Waals surface area contributed by atoms with E-state index in [9.17, 15) is 21.6 Å². The van der Waals surface area contributed by atoms with Crippen molar-refractivity contribution < 1.29 is 59.8 Å². The summed E-state index contributed by atoms with van der Waals surface area (Å²) < 4.78 is 107. The quantitative estimate of drug-likeness (QED) is 0.0637. The van der Waals surface area contributed by atoms with Crippen LogP contribution in [0.5, 0.6) is 5.75 Å². The van der Waals surface area contributed by atoms with Gasteiger partial charge in [0, 0.05) is 6.99 Å². The molecule has 9 nitrogen and oxygen atoms in total. The van der Waals surface area contributed by atoms with Crippen LogP contribution < -0.4 is 9.65 Å². The normalized spacial score (nSPS) is 19.2. The van der Waals surface area contributed by atoms with Crippen LogP contribution >= 0.6 is 0 Å². The molecule has 3 fully saturated rings. The van der Waals surface area contributed by atoms with E-state index in [0.29, 0.717) is 22.1 Å². The van der Waals surface area contributed by atoms with Gasteiger partial charge in [0.05, 0.1) is 44.4 Å². The minimum absolute atomic E-state index is 0. The second kappa shape index (κ2) is 23.5. The molecule has 0 aromatic heterocycles. The lowest BCUT2D eigenvalue weighted by Gasteiger charge is -2.35. The Morgan fingerprint density at radius 1 is 0.383 bits per heavy atom. The number of benzene rings is 10. The molecule has 0 spiro atoms. The van der Waals surface area contributed by atoms with Crippen molar-refractivity contribution >= 4 is 58.3 Å². The Kier molecular flexibility index (Phi) is 16.5. The van der Waals surface area contributed by atoms with Gasteiger partial charge in [-0.1, -0.05) is 224 Å². The molecule has 17 heteroatoms. The van der Waals surface area contributed by atoms with E-state index in [1.165, 1.54) is 50.2 Å². The summed E-state index contributed by atoms with van der Waals surface area (Å²) in [4.78, 5) is 0. The molecule has 10 aromatic rings. The second-order valence-corrected chi connectivity index (χ2v) is 29.2. The Balaban J connectivity index is 0.000000152. The highest BCUT2D eigenvalue weighted by molar-refractivity contribution is 7.88. The van der Waals surface area contributed by atoms with Gasteiger partial charge in [-0.05, 0) is 177 Å². The maximum Gasteiger partial charge on any atom is 0.534 e. The van der Waals surface area contributed by atoms with Gasteiger partial charge in [0.1, 0.15) is 0 Å². The van der Waals surface area contributed by atoms with Gasteiger partial charge in [-0.3, -0.25) is 4.70 Å². The maximum atomic E-state index is 13.4. The van der Waals surface area contributed by atoms with Crippen molar-refractivity contribution in [2.45, 2.75) is 133 Å². The summed E-state index contributed by atoms with van der Waals surface area (Å²) in [5.41, 5.74) is 3.64. The third kappa shape index (κ3) is 10.5. The summed E-state index contributed by atoms with van der Waals surface area (Å²) in [6, 6.07) is 77.3. The highest BCUT2D eigenvalue weighted by Crippen LogP contribution is 2.62. The van der Waals surface area contributed by atoms with Crippen LogP contribution in [0.15, 0.2) is 231 Å². The first-order valence-corrected chi connectivity index (χ1v) is 33.0. The van der Waals surface area contributed by atoms with Gasteiger partial charge in [0.15, 0.2) is 5.75 Å². The summed E-state index contributed by atoms with van der Waals surface area (Å²) in [6.07, 6.45) is 0. The molecule has 3 aliphatic heterocycles. The van der Waals surface area contributed by atoms with Crippen LogP contribution in [0.25, 0.3) is 43.8 Å². The topological polar surface area (TPSA) is 98.8 Å². The molecule has 0 bridgehead atoms. The molecule has 0 unspecified atom stereocenters. The predicted molar refractivity (Wildman–Crippen MR) is 371 cm³/mol. The zero-order chi connectivity index (χ0) is 65.9. The summed E-state index contributed by atoms with van der Waals surface area (Å²) in [5.74, 6) is -0.354. The van der Waals surface area contributed by atoms with Gasteiger partial charge in [0.2, 0.25) is 0 Å². The second-order valence-electron chi connectivity index (χ2n) is 27.7.